The smallest absolute Gasteiger partial charge is 0.115 e. The molecule has 0 radical (unpaired) electrons. The summed E-state index contributed by atoms with van der Waals surface area (Å²) >= 11 is 0. The van der Waals surface area contributed by atoms with Crippen LogP contribution in [0.2, 0.25) is 0 Å². The molecule has 0 saturated heterocycles. The number of phenols is 1. The summed E-state index contributed by atoms with van der Waals surface area (Å²) in [4.78, 5) is 0. The lowest BCUT2D eigenvalue weighted by molar-refractivity contribution is 0.194. The van der Waals surface area contributed by atoms with E-state index >= 15 is 0 Å². The lowest BCUT2D eigenvalue weighted by Crippen LogP contribution is -1.87. The van der Waals surface area contributed by atoms with Crippen molar-refractivity contribution in [3.8, 4) is 5.75 Å². The molecule has 16 heavy (non-hydrogen) atoms. The number of aromatic hydroxyl groups is 1. The second-order valence-electron chi connectivity index (χ2n) is 2.91. The van der Waals surface area contributed by atoms with Crippen molar-refractivity contribution in [2.75, 3.05) is 13.2 Å². The van der Waals surface area contributed by atoms with Gasteiger partial charge in [-0.25, -0.2) is 0 Å². The van der Waals surface area contributed by atoms with Gasteiger partial charge < -0.3 is 9.84 Å². The zero-order valence-electron chi connectivity index (χ0n) is 9.43. The first kappa shape index (κ1) is 14.2. The lowest BCUT2D eigenvalue weighted by atomic mass is 10.2. The van der Waals surface area contributed by atoms with Crippen LogP contribution in [0.25, 0.3) is 6.08 Å². The molecule has 1 N–H and O–H groups in total. The van der Waals surface area contributed by atoms with E-state index in [0.29, 0.717) is 19.0 Å². The normalized spacial score (nSPS) is 8.50. The number of ether oxygens (including phenoxy) is 1. The molecule has 0 amide bonds. The summed E-state index contributed by atoms with van der Waals surface area (Å²) in [5, 5.41) is 8.82. The van der Waals surface area contributed by atoms with Crippen LogP contribution in [0, 0.1) is 0 Å². The van der Waals surface area contributed by atoms with Gasteiger partial charge in [-0.2, -0.15) is 0 Å². The highest BCUT2D eigenvalue weighted by atomic mass is 16.5. The third-order valence-electron chi connectivity index (χ3n) is 1.60. The molecular weight excluding hydrogens is 200 g/mol. The fourth-order valence-corrected chi connectivity index (χ4v) is 0.845. The maximum Gasteiger partial charge on any atom is 0.115 e. The monoisotopic (exact) mass is 218 g/mol. The van der Waals surface area contributed by atoms with E-state index in [9.17, 15) is 0 Å². The van der Waals surface area contributed by atoms with Gasteiger partial charge in [0, 0.05) is 0 Å². The predicted octanol–water partition coefficient (Wildman–Crippen LogP) is 3.41. The SMILES string of the molecule is C=CCOCC=C.C=Cc1ccc(O)cc1. The van der Waals surface area contributed by atoms with Crippen LogP contribution >= 0.6 is 0 Å². The summed E-state index contributed by atoms with van der Waals surface area (Å²) in [6.07, 6.45) is 5.16. The van der Waals surface area contributed by atoms with Crippen molar-refractivity contribution >= 4 is 6.08 Å². The molecule has 0 bridgehead atoms. The summed E-state index contributed by atoms with van der Waals surface area (Å²) in [5.41, 5.74) is 1.02. The lowest BCUT2D eigenvalue weighted by Gasteiger charge is -1.90. The van der Waals surface area contributed by atoms with Crippen LogP contribution in [0.15, 0.2) is 56.2 Å². The van der Waals surface area contributed by atoms with Crippen molar-refractivity contribution in [1.82, 2.24) is 0 Å². The van der Waals surface area contributed by atoms with E-state index in [4.69, 9.17) is 9.84 Å². The van der Waals surface area contributed by atoms with Crippen LogP contribution in [0.3, 0.4) is 0 Å². The average molecular weight is 218 g/mol. The molecule has 1 rings (SSSR count). The predicted molar refractivity (Wildman–Crippen MR) is 69.4 cm³/mol. The van der Waals surface area contributed by atoms with Gasteiger partial charge in [-0.1, -0.05) is 36.9 Å². The Morgan fingerprint density at radius 2 is 1.50 bits per heavy atom. The fraction of sp³-hybridized carbons (Fsp3) is 0.143. The Morgan fingerprint density at radius 1 is 1.00 bits per heavy atom. The second-order valence-corrected chi connectivity index (χ2v) is 2.91. The van der Waals surface area contributed by atoms with E-state index < -0.39 is 0 Å². The first-order valence-electron chi connectivity index (χ1n) is 4.95. The quantitative estimate of drug-likeness (QED) is 0.606. The van der Waals surface area contributed by atoms with Crippen molar-refractivity contribution in [3.63, 3.8) is 0 Å². The van der Waals surface area contributed by atoms with Gasteiger partial charge >= 0.3 is 0 Å². The molecule has 0 aliphatic rings. The molecule has 0 spiro atoms. The van der Waals surface area contributed by atoms with Gasteiger partial charge in [0.05, 0.1) is 13.2 Å². The molecule has 86 valence electrons. The Bertz CT molecular complexity index is 304. The van der Waals surface area contributed by atoms with Crippen LogP contribution in [-0.4, -0.2) is 18.3 Å². The van der Waals surface area contributed by atoms with Crippen molar-refractivity contribution in [3.05, 3.63) is 61.7 Å². The third kappa shape index (κ3) is 7.59. The van der Waals surface area contributed by atoms with Crippen LogP contribution in [0.5, 0.6) is 5.75 Å². The summed E-state index contributed by atoms with van der Waals surface area (Å²) < 4.78 is 4.90. The van der Waals surface area contributed by atoms with Gasteiger partial charge in [0.15, 0.2) is 0 Å². The second kappa shape index (κ2) is 9.74. The molecule has 1 aromatic carbocycles. The minimum Gasteiger partial charge on any atom is -0.508 e. The van der Waals surface area contributed by atoms with Gasteiger partial charge in [-0.3, -0.25) is 0 Å². The molecule has 0 saturated carbocycles. The summed E-state index contributed by atoms with van der Waals surface area (Å²) in [5.74, 6) is 0.292. The largest absolute Gasteiger partial charge is 0.508 e. The van der Waals surface area contributed by atoms with Crippen molar-refractivity contribution in [2.24, 2.45) is 0 Å². The van der Waals surface area contributed by atoms with Crippen LogP contribution in [-0.2, 0) is 4.74 Å². The molecule has 1 aromatic rings. The summed E-state index contributed by atoms with van der Waals surface area (Å²) in [6.45, 7) is 11.8. The number of phenolic OH excluding ortho intramolecular Hbond substituents is 1. The molecule has 0 aliphatic heterocycles. The van der Waals surface area contributed by atoms with Crippen molar-refractivity contribution in [2.45, 2.75) is 0 Å². The van der Waals surface area contributed by atoms with Crippen molar-refractivity contribution < 1.29 is 9.84 Å². The maximum absolute atomic E-state index is 8.82. The minimum absolute atomic E-state index is 0.292. The van der Waals surface area contributed by atoms with E-state index in [1.807, 2.05) is 12.1 Å². The molecule has 0 aromatic heterocycles. The molecular formula is C14H18O2. The number of hydrogen-bond acceptors (Lipinski definition) is 2. The first-order valence-corrected chi connectivity index (χ1v) is 4.95. The van der Waals surface area contributed by atoms with Crippen molar-refractivity contribution in [1.29, 1.82) is 0 Å². The van der Waals surface area contributed by atoms with Gasteiger partial charge in [0.2, 0.25) is 0 Å². The van der Waals surface area contributed by atoms with Gasteiger partial charge in [0.25, 0.3) is 0 Å². The Hall–Kier alpha value is -1.80. The average Bonchev–Trinajstić information content (AvgIpc) is 2.32. The van der Waals surface area contributed by atoms with Gasteiger partial charge in [-0.05, 0) is 17.7 Å². The highest BCUT2D eigenvalue weighted by molar-refractivity contribution is 5.47. The Morgan fingerprint density at radius 3 is 1.88 bits per heavy atom. The maximum atomic E-state index is 8.82. The molecule has 0 aliphatic carbocycles. The third-order valence-corrected chi connectivity index (χ3v) is 1.60. The van der Waals surface area contributed by atoms with E-state index in [0.717, 1.165) is 5.56 Å². The van der Waals surface area contributed by atoms with Crippen LogP contribution in [0.4, 0.5) is 0 Å². The minimum atomic E-state index is 0.292. The van der Waals surface area contributed by atoms with Gasteiger partial charge in [-0.15, -0.1) is 13.2 Å². The summed E-state index contributed by atoms with van der Waals surface area (Å²) in [6, 6.07) is 6.89. The first-order chi connectivity index (χ1) is 7.74. The zero-order valence-corrected chi connectivity index (χ0v) is 9.43. The van der Waals surface area contributed by atoms with Crippen LogP contribution in [0.1, 0.15) is 5.56 Å². The number of benzene rings is 1. The Kier molecular flexibility index (Phi) is 8.65. The molecule has 0 unspecified atom stereocenters. The topological polar surface area (TPSA) is 29.5 Å². The molecule has 0 heterocycles. The Balaban J connectivity index is 0.000000293. The fourth-order valence-electron chi connectivity index (χ4n) is 0.845. The highest BCUT2D eigenvalue weighted by Crippen LogP contribution is 2.09. The molecule has 2 nitrogen and oxygen atoms in total. The zero-order chi connectivity index (χ0) is 12.2. The van der Waals surface area contributed by atoms with Gasteiger partial charge in [0.1, 0.15) is 5.75 Å². The molecule has 0 atom stereocenters. The number of hydrogen-bond donors (Lipinski definition) is 1. The Labute approximate surface area is 97.2 Å². The summed E-state index contributed by atoms with van der Waals surface area (Å²) in [7, 11) is 0. The molecule has 2 heteroatoms. The van der Waals surface area contributed by atoms with E-state index in [1.165, 1.54) is 0 Å². The van der Waals surface area contributed by atoms with E-state index in [-0.39, 0.29) is 0 Å². The number of rotatable bonds is 5. The standard InChI is InChI=1S/C8H8O.C6H10O/c1-2-7-3-5-8(9)6-4-7;1-3-5-7-6-4-2/h2-6,9H,1H2;3-4H,1-2,5-6H2. The van der Waals surface area contributed by atoms with E-state index in [2.05, 4.69) is 19.7 Å². The highest BCUT2D eigenvalue weighted by Gasteiger charge is 1.84. The van der Waals surface area contributed by atoms with E-state index in [1.54, 1.807) is 30.4 Å². The molecule has 0 fully saturated rings. The van der Waals surface area contributed by atoms with Crippen LogP contribution < -0.4 is 0 Å².